The smallest absolute Gasteiger partial charge is 0.144 e. The largest absolute Gasteiger partial charge is 0.505 e. The van der Waals surface area contributed by atoms with Crippen LogP contribution in [0.3, 0.4) is 0 Å². The van der Waals surface area contributed by atoms with Gasteiger partial charge < -0.3 is 31.1 Å². The van der Waals surface area contributed by atoms with Crippen molar-refractivity contribution in [3.8, 4) is 11.5 Å². The summed E-state index contributed by atoms with van der Waals surface area (Å²) in [7, 11) is 0. The summed E-state index contributed by atoms with van der Waals surface area (Å²) in [5.41, 5.74) is 4.43. The first kappa shape index (κ1) is 37.0. The van der Waals surface area contributed by atoms with Crippen LogP contribution >= 0.6 is 46.7 Å². The highest BCUT2D eigenvalue weighted by Gasteiger charge is 2.11. The average Bonchev–Trinajstić information content (AvgIpc) is 3.13. The summed E-state index contributed by atoms with van der Waals surface area (Å²) in [6.45, 7) is 0.727. The monoisotopic (exact) mass is 742 g/mol. The first-order chi connectivity index (χ1) is 24.4. The first-order valence-corrected chi connectivity index (χ1v) is 18.1. The van der Waals surface area contributed by atoms with Gasteiger partial charge in [-0.1, -0.05) is 126 Å². The van der Waals surface area contributed by atoms with Crippen molar-refractivity contribution in [1.29, 1.82) is 0 Å². The maximum Gasteiger partial charge on any atom is 0.144 e. The molecule has 0 spiro atoms. The van der Waals surface area contributed by atoms with Gasteiger partial charge in [0.25, 0.3) is 0 Å². The quantitative estimate of drug-likeness (QED) is 0.0689. The standard InChI is InChI=1S/2C20H18ClNO2S/c21-16-8-2-4-11-19(16)25-18-10-3-1-6-14(18)12-22-17-9-5-7-15(13-23)20(17)24;21-16-7-4-8-17(11-16)25-19-10-2-1-5-14(19)12-22-18-9-3-6-15(13-23)20(18)24/h2*1-11,22-24H,12-13H2. The molecule has 0 atom stereocenters. The van der Waals surface area contributed by atoms with Crippen LogP contribution in [-0.4, -0.2) is 20.4 Å². The number of benzene rings is 6. The van der Waals surface area contributed by atoms with Gasteiger partial charge in [0.15, 0.2) is 0 Å². The minimum Gasteiger partial charge on any atom is -0.505 e. The molecule has 6 N–H and O–H groups in total. The number of nitrogens with one attached hydrogen (secondary N) is 2. The molecule has 0 saturated heterocycles. The zero-order valence-electron chi connectivity index (χ0n) is 26.9. The molecule has 0 bridgehead atoms. The molecule has 0 aliphatic heterocycles. The second-order valence-corrected chi connectivity index (χ2v) is 14.0. The molecule has 0 aromatic heterocycles. The maximum atomic E-state index is 10.2. The Balaban J connectivity index is 0.000000194. The Bertz CT molecular complexity index is 2030. The summed E-state index contributed by atoms with van der Waals surface area (Å²) in [6, 6.07) is 42.3. The molecule has 0 heterocycles. The van der Waals surface area contributed by atoms with Gasteiger partial charge in [-0.2, -0.15) is 0 Å². The molecule has 0 unspecified atom stereocenters. The normalized spacial score (nSPS) is 10.6. The number of rotatable bonds is 12. The molecule has 6 rings (SSSR count). The van der Waals surface area contributed by atoms with Gasteiger partial charge in [-0.05, 0) is 65.7 Å². The molecule has 0 aliphatic rings. The molecule has 50 heavy (non-hydrogen) atoms. The van der Waals surface area contributed by atoms with E-state index in [2.05, 4.69) is 22.8 Å². The van der Waals surface area contributed by atoms with E-state index in [-0.39, 0.29) is 24.7 Å². The van der Waals surface area contributed by atoms with E-state index < -0.39 is 0 Å². The third-order valence-electron chi connectivity index (χ3n) is 7.54. The fraction of sp³-hybridized carbons (Fsp3) is 0.100. The van der Waals surface area contributed by atoms with Gasteiger partial charge in [-0.25, -0.2) is 0 Å². The van der Waals surface area contributed by atoms with Gasteiger partial charge in [0.1, 0.15) is 11.5 Å². The van der Waals surface area contributed by atoms with Gasteiger partial charge in [-0.3, -0.25) is 0 Å². The molecule has 0 radical (unpaired) electrons. The number of phenols is 2. The van der Waals surface area contributed by atoms with Crippen LogP contribution in [0, 0.1) is 0 Å². The predicted molar refractivity (Wildman–Crippen MR) is 207 cm³/mol. The van der Waals surface area contributed by atoms with Crippen LogP contribution in [0.4, 0.5) is 11.4 Å². The van der Waals surface area contributed by atoms with E-state index in [9.17, 15) is 20.4 Å². The Kier molecular flexibility index (Phi) is 13.8. The molecular formula is C40H36Cl2N2O4S2. The van der Waals surface area contributed by atoms with E-state index in [1.807, 2.05) is 84.9 Å². The summed E-state index contributed by atoms with van der Waals surface area (Å²) in [6.07, 6.45) is 0. The SMILES string of the molecule is OCc1cccc(NCc2ccccc2Sc2cccc(Cl)c2)c1O.OCc1cccc(NCc2ccccc2Sc2ccccc2Cl)c1O. The van der Waals surface area contributed by atoms with Crippen molar-refractivity contribution in [2.45, 2.75) is 45.9 Å². The Morgan fingerprint density at radius 1 is 0.480 bits per heavy atom. The number of hydrogen-bond donors (Lipinski definition) is 6. The van der Waals surface area contributed by atoms with Gasteiger partial charge in [0.2, 0.25) is 0 Å². The minimum absolute atomic E-state index is 0.0845. The van der Waals surface area contributed by atoms with E-state index in [0.29, 0.717) is 40.6 Å². The number of para-hydroxylation sites is 2. The predicted octanol–water partition coefficient (Wildman–Crippen LogP) is 10.6. The Labute approximate surface area is 310 Å². The number of aliphatic hydroxyl groups excluding tert-OH is 2. The fourth-order valence-electron chi connectivity index (χ4n) is 4.91. The third-order valence-corrected chi connectivity index (χ3v) is 10.5. The van der Waals surface area contributed by atoms with Crippen molar-refractivity contribution in [3.05, 3.63) is 166 Å². The third kappa shape index (κ3) is 10.1. The highest BCUT2D eigenvalue weighted by Crippen LogP contribution is 2.36. The van der Waals surface area contributed by atoms with Gasteiger partial charge in [0, 0.05) is 48.8 Å². The second kappa shape index (κ2) is 18.6. The van der Waals surface area contributed by atoms with Crippen LogP contribution in [0.2, 0.25) is 10.0 Å². The molecule has 6 nitrogen and oxygen atoms in total. The van der Waals surface area contributed by atoms with Crippen LogP contribution in [0.15, 0.2) is 153 Å². The van der Waals surface area contributed by atoms with Crippen LogP contribution in [-0.2, 0) is 26.3 Å². The van der Waals surface area contributed by atoms with Crippen LogP contribution in [0.25, 0.3) is 0 Å². The molecule has 6 aromatic carbocycles. The topological polar surface area (TPSA) is 105 Å². The van der Waals surface area contributed by atoms with E-state index in [0.717, 1.165) is 35.7 Å². The van der Waals surface area contributed by atoms with Crippen LogP contribution < -0.4 is 10.6 Å². The Morgan fingerprint density at radius 3 is 1.46 bits per heavy atom. The van der Waals surface area contributed by atoms with Gasteiger partial charge in [-0.15, -0.1) is 0 Å². The molecular weight excluding hydrogens is 707 g/mol. The number of hydrogen-bond acceptors (Lipinski definition) is 8. The maximum absolute atomic E-state index is 10.2. The van der Waals surface area contributed by atoms with Crippen molar-refractivity contribution in [2.24, 2.45) is 0 Å². The lowest BCUT2D eigenvalue weighted by atomic mass is 10.1. The second-order valence-electron chi connectivity index (χ2n) is 11.0. The van der Waals surface area contributed by atoms with Crippen LogP contribution in [0.5, 0.6) is 11.5 Å². The number of anilines is 2. The molecule has 0 amide bonds. The summed E-state index contributed by atoms with van der Waals surface area (Å²) in [4.78, 5) is 4.29. The van der Waals surface area contributed by atoms with Gasteiger partial charge >= 0.3 is 0 Å². The first-order valence-electron chi connectivity index (χ1n) is 15.7. The highest BCUT2D eigenvalue weighted by molar-refractivity contribution is 7.99. The van der Waals surface area contributed by atoms with Crippen molar-refractivity contribution in [2.75, 3.05) is 10.6 Å². The average molecular weight is 744 g/mol. The van der Waals surface area contributed by atoms with Gasteiger partial charge in [0.05, 0.1) is 29.6 Å². The molecule has 6 aromatic rings. The zero-order valence-corrected chi connectivity index (χ0v) is 30.0. The van der Waals surface area contributed by atoms with E-state index in [1.54, 1.807) is 59.9 Å². The lowest BCUT2D eigenvalue weighted by Crippen LogP contribution is -2.02. The lowest BCUT2D eigenvalue weighted by Gasteiger charge is -2.14. The minimum atomic E-state index is -0.194. The highest BCUT2D eigenvalue weighted by atomic mass is 35.5. The Morgan fingerprint density at radius 2 is 0.940 bits per heavy atom. The van der Waals surface area contributed by atoms with Crippen LogP contribution in [0.1, 0.15) is 22.3 Å². The summed E-state index contributed by atoms with van der Waals surface area (Å²) >= 11 is 15.6. The molecule has 256 valence electrons. The fourth-order valence-corrected chi connectivity index (χ4v) is 7.38. The summed E-state index contributed by atoms with van der Waals surface area (Å²) in [5.74, 6) is 0.172. The van der Waals surface area contributed by atoms with Crippen molar-refractivity contribution >= 4 is 58.1 Å². The molecule has 0 fully saturated rings. The lowest BCUT2D eigenvalue weighted by molar-refractivity contribution is 0.275. The summed E-state index contributed by atoms with van der Waals surface area (Å²) in [5, 5.41) is 46.8. The van der Waals surface area contributed by atoms with Crippen molar-refractivity contribution in [3.63, 3.8) is 0 Å². The molecule has 0 saturated carbocycles. The number of aliphatic hydroxyl groups is 2. The Hall–Kier alpha value is -4.28. The number of halogens is 2. The molecule has 0 aliphatic carbocycles. The van der Waals surface area contributed by atoms with Crippen molar-refractivity contribution in [1.82, 2.24) is 0 Å². The van der Waals surface area contributed by atoms with E-state index in [1.165, 1.54) is 0 Å². The van der Waals surface area contributed by atoms with E-state index in [4.69, 9.17) is 23.2 Å². The summed E-state index contributed by atoms with van der Waals surface area (Å²) < 4.78 is 0. The van der Waals surface area contributed by atoms with Crippen molar-refractivity contribution < 1.29 is 20.4 Å². The zero-order chi connectivity index (χ0) is 35.3. The van der Waals surface area contributed by atoms with E-state index >= 15 is 0 Å². The number of aromatic hydroxyl groups is 2. The molecule has 10 heteroatoms.